The van der Waals surface area contributed by atoms with Gasteiger partial charge in [-0.25, -0.2) is 0 Å². The first-order valence-electron chi connectivity index (χ1n) is 3.92. The number of nitriles is 1. The average Bonchev–Trinajstić information content (AvgIpc) is 1.80. The van der Waals surface area contributed by atoms with Gasteiger partial charge in [-0.1, -0.05) is 34.1 Å². The predicted molar refractivity (Wildman–Crippen MR) is 43.5 cm³/mol. The van der Waals surface area contributed by atoms with Crippen LogP contribution in [0.1, 0.15) is 40.5 Å². The van der Waals surface area contributed by atoms with E-state index in [1.165, 1.54) is 0 Å². The van der Waals surface area contributed by atoms with Gasteiger partial charge < -0.3 is 0 Å². The fourth-order valence-corrected chi connectivity index (χ4v) is 0.980. The summed E-state index contributed by atoms with van der Waals surface area (Å²) < 4.78 is 0. The zero-order valence-electron chi connectivity index (χ0n) is 7.44. The van der Waals surface area contributed by atoms with Gasteiger partial charge >= 0.3 is 0 Å². The molecule has 0 heterocycles. The molecule has 0 aromatic rings. The molecule has 0 rings (SSSR count). The number of hydrogen-bond donors (Lipinski definition) is 0. The predicted octanol–water partition coefficient (Wildman–Crippen LogP) is 2.97. The van der Waals surface area contributed by atoms with E-state index < -0.39 is 0 Å². The molecule has 0 aliphatic carbocycles. The smallest absolute Gasteiger partial charge is 0.0661 e. The topological polar surface area (TPSA) is 23.8 Å². The monoisotopic (exact) mass is 139 g/mol. The Bertz CT molecular complexity index is 125. The van der Waals surface area contributed by atoms with Crippen LogP contribution in [-0.4, -0.2) is 0 Å². The lowest BCUT2D eigenvalue weighted by molar-refractivity contribution is 0.284. The second kappa shape index (κ2) is 3.61. The van der Waals surface area contributed by atoms with Gasteiger partial charge in [-0.05, 0) is 11.8 Å². The lowest BCUT2D eigenvalue weighted by Crippen LogP contribution is -2.18. The van der Waals surface area contributed by atoms with Crippen LogP contribution in [0.5, 0.6) is 0 Å². The lowest BCUT2D eigenvalue weighted by atomic mass is 9.79. The van der Waals surface area contributed by atoms with Crippen molar-refractivity contribution >= 4 is 0 Å². The summed E-state index contributed by atoms with van der Waals surface area (Å²) in [5.74, 6) is 0.220. The fourth-order valence-electron chi connectivity index (χ4n) is 0.980. The molecule has 0 aromatic heterocycles. The van der Waals surface area contributed by atoms with Gasteiger partial charge in [0.05, 0.1) is 12.0 Å². The van der Waals surface area contributed by atoms with Crippen molar-refractivity contribution in [2.45, 2.75) is 40.5 Å². The van der Waals surface area contributed by atoms with E-state index in [0.29, 0.717) is 0 Å². The van der Waals surface area contributed by atoms with E-state index in [1.807, 2.05) is 0 Å². The summed E-state index contributed by atoms with van der Waals surface area (Å²) in [6.45, 7) is 8.49. The molecule has 0 amide bonds. The van der Waals surface area contributed by atoms with E-state index in [1.54, 1.807) is 0 Å². The SMILES string of the molecule is CCC[C@H](C#N)C(C)(C)C. The van der Waals surface area contributed by atoms with Crippen LogP contribution in [0.2, 0.25) is 0 Å². The molecule has 1 atom stereocenters. The summed E-state index contributed by atoms with van der Waals surface area (Å²) >= 11 is 0. The highest BCUT2D eigenvalue weighted by Gasteiger charge is 2.22. The van der Waals surface area contributed by atoms with Gasteiger partial charge in [0.2, 0.25) is 0 Å². The molecule has 10 heavy (non-hydrogen) atoms. The Kier molecular flexibility index (Phi) is 3.42. The molecule has 0 aliphatic rings. The van der Waals surface area contributed by atoms with Crippen molar-refractivity contribution in [2.24, 2.45) is 11.3 Å². The van der Waals surface area contributed by atoms with Crippen molar-refractivity contribution in [3.8, 4) is 6.07 Å². The molecule has 0 unspecified atom stereocenters. The lowest BCUT2D eigenvalue weighted by Gasteiger charge is -2.23. The molecular weight excluding hydrogens is 122 g/mol. The number of nitrogens with zero attached hydrogens (tertiary/aromatic N) is 1. The summed E-state index contributed by atoms with van der Waals surface area (Å²) in [6, 6.07) is 2.34. The zero-order valence-corrected chi connectivity index (χ0v) is 7.44. The Morgan fingerprint density at radius 3 is 2.00 bits per heavy atom. The third-order valence-corrected chi connectivity index (χ3v) is 1.78. The average molecular weight is 139 g/mol. The van der Waals surface area contributed by atoms with Gasteiger partial charge in [-0.3, -0.25) is 0 Å². The molecule has 1 heteroatoms. The van der Waals surface area contributed by atoms with Crippen LogP contribution in [0.4, 0.5) is 0 Å². The van der Waals surface area contributed by atoms with E-state index in [9.17, 15) is 0 Å². The van der Waals surface area contributed by atoms with Crippen LogP contribution in [0.15, 0.2) is 0 Å². The first kappa shape index (κ1) is 9.49. The second-order valence-electron chi connectivity index (χ2n) is 3.84. The van der Waals surface area contributed by atoms with Crippen molar-refractivity contribution in [3.05, 3.63) is 0 Å². The molecule has 0 saturated carbocycles. The van der Waals surface area contributed by atoms with Crippen LogP contribution >= 0.6 is 0 Å². The van der Waals surface area contributed by atoms with Crippen molar-refractivity contribution in [1.29, 1.82) is 5.26 Å². The summed E-state index contributed by atoms with van der Waals surface area (Å²) in [4.78, 5) is 0. The highest BCUT2D eigenvalue weighted by atomic mass is 14.3. The Morgan fingerprint density at radius 1 is 1.40 bits per heavy atom. The molecule has 0 aromatic carbocycles. The maximum atomic E-state index is 8.74. The van der Waals surface area contributed by atoms with Crippen LogP contribution in [-0.2, 0) is 0 Å². The Morgan fingerprint density at radius 2 is 1.90 bits per heavy atom. The Labute approximate surface area is 64.1 Å². The van der Waals surface area contributed by atoms with E-state index >= 15 is 0 Å². The maximum Gasteiger partial charge on any atom is 0.0661 e. The van der Waals surface area contributed by atoms with Crippen LogP contribution in [0.25, 0.3) is 0 Å². The minimum atomic E-state index is 0.157. The van der Waals surface area contributed by atoms with Crippen LogP contribution in [0, 0.1) is 22.7 Å². The molecule has 0 aliphatic heterocycles. The highest BCUT2D eigenvalue weighted by molar-refractivity contribution is 4.90. The molecule has 58 valence electrons. The molecule has 1 nitrogen and oxygen atoms in total. The zero-order chi connectivity index (χ0) is 8.20. The first-order chi connectivity index (χ1) is 4.52. The van der Waals surface area contributed by atoms with Gasteiger partial charge in [-0.2, -0.15) is 5.26 Å². The van der Waals surface area contributed by atoms with Gasteiger partial charge in [0.1, 0.15) is 0 Å². The number of hydrogen-bond acceptors (Lipinski definition) is 1. The molecule has 0 fully saturated rings. The van der Waals surface area contributed by atoms with E-state index in [0.717, 1.165) is 12.8 Å². The van der Waals surface area contributed by atoms with Crippen LogP contribution < -0.4 is 0 Å². The molecule has 0 saturated heterocycles. The van der Waals surface area contributed by atoms with Gasteiger partial charge in [-0.15, -0.1) is 0 Å². The summed E-state index contributed by atoms with van der Waals surface area (Å²) in [6.07, 6.45) is 2.13. The summed E-state index contributed by atoms with van der Waals surface area (Å²) in [5, 5.41) is 8.74. The minimum Gasteiger partial charge on any atom is -0.198 e. The quantitative estimate of drug-likeness (QED) is 0.577. The Hall–Kier alpha value is -0.510. The van der Waals surface area contributed by atoms with Crippen molar-refractivity contribution in [3.63, 3.8) is 0 Å². The highest BCUT2D eigenvalue weighted by Crippen LogP contribution is 2.28. The maximum absolute atomic E-state index is 8.74. The van der Waals surface area contributed by atoms with E-state index in [-0.39, 0.29) is 11.3 Å². The Balaban J connectivity index is 3.98. The third-order valence-electron chi connectivity index (χ3n) is 1.78. The molecule has 0 radical (unpaired) electrons. The molecule has 0 N–H and O–H groups in total. The molecule has 0 spiro atoms. The molecule has 0 bridgehead atoms. The fraction of sp³-hybridized carbons (Fsp3) is 0.889. The van der Waals surface area contributed by atoms with E-state index in [2.05, 4.69) is 33.8 Å². The normalized spacial score (nSPS) is 14.3. The number of rotatable bonds is 2. The summed E-state index contributed by atoms with van der Waals surface area (Å²) in [7, 11) is 0. The van der Waals surface area contributed by atoms with Crippen molar-refractivity contribution < 1.29 is 0 Å². The third kappa shape index (κ3) is 2.87. The van der Waals surface area contributed by atoms with Crippen molar-refractivity contribution in [1.82, 2.24) is 0 Å². The first-order valence-corrected chi connectivity index (χ1v) is 3.92. The largest absolute Gasteiger partial charge is 0.198 e. The van der Waals surface area contributed by atoms with Crippen LogP contribution in [0.3, 0.4) is 0 Å². The standard InChI is InChI=1S/C9H17N/c1-5-6-8(7-10)9(2,3)4/h8H,5-6H2,1-4H3/t8-/m1/s1. The summed E-state index contributed by atoms with van der Waals surface area (Å²) in [5.41, 5.74) is 0.157. The van der Waals surface area contributed by atoms with Crippen molar-refractivity contribution in [2.75, 3.05) is 0 Å². The van der Waals surface area contributed by atoms with E-state index in [4.69, 9.17) is 5.26 Å². The minimum absolute atomic E-state index is 0.157. The van der Waals surface area contributed by atoms with Gasteiger partial charge in [0.15, 0.2) is 0 Å². The molecular formula is C9H17N. The van der Waals surface area contributed by atoms with Gasteiger partial charge in [0, 0.05) is 0 Å². The van der Waals surface area contributed by atoms with Gasteiger partial charge in [0.25, 0.3) is 0 Å². The second-order valence-corrected chi connectivity index (χ2v) is 3.84.